The average molecular weight is 488 g/mol. The van der Waals surface area contributed by atoms with Crippen molar-refractivity contribution in [3.8, 4) is 12.3 Å². The van der Waals surface area contributed by atoms with Gasteiger partial charge < -0.3 is 25.0 Å². The second-order valence-electron chi connectivity index (χ2n) is 8.88. The first kappa shape index (κ1) is 29.5. The summed E-state index contributed by atoms with van der Waals surface area (Å²) in [4.78, 5) is 52.1. The third-order valence-electron chi connectivity index (χ3n) is 4.76. The summed E-state index contributed by atoms with van der Waals surface area (Å²) in [7, 11) is 0. The van der Waals surface area contributed by atoms with Crippen molar-refractivity contribution in [2.24, 2.45) is 0 Å². The van der Waals surface area contributed by atoms with E-state index in [-0.39, 0.29) is 26.1 Å². The smallest absolute Gasteiger partial charge is 0.408 e. The third kappa shape index (κ3) is 9.69. The van der Waals surface area contributed by atoms with E-state index in [4.69, 9.17) is 15.9 Å². The molecule has 2 atom stereocenters. The molecule has 192 valence electrons. The summed E-state index contributed by atoms with van der Waals surface area (Å²) >= 11 is 0. The minimum Gasteiger partial charge on any atom is -0.466 e. The van der Waals surface area contributed by atoms with Crippen LogP contribution in [0, 0.1) is 12.3 Å². The van der Waals surface area contributed by atoms with Crippen LogP contribution in [0.1, 0.15) is 71.6 Å². The highest BCUT2D eigenvalue weighted by Gasteiger charge is 2.35. The number of amides is 3. The molecular formula is C26H37N3O6. The van der Waals surface area contributed by atoms with Crippen LogP contribution in [0.4, 0.5) is 4.79 Å². The zero-order valence-electron chi connectivity index (χ0n) is 21.5. The highest BCUT2D eigenvalue weighted by Crippen LogP contribution is 2.26. The molecule has 2 unspecified atom stereocenters. The Labute approximate surface area is 207 Å². The number of nitrogens with zero attached hydrogens (tertiary/aromatic N) is 1. The highest BCUT2D eigenvalue weighted by atomic mass is 16.6. The second-order valence-corrected chi connectivity index (χ2v) is 8.88. The molecule has 3 amide bonds. The van der Waals surface area contributed by atoms with E-state index in [0.717, 1.165) is 0 Å². The predicted molar refractivity (Wildman–Crippen MR) is 132 cm³/mol. The van der Waals surface area contributed by atoms with Crippen molar-refractivity contribution in [3.63, 3.8) is 0 Å². The largest absolute Gasteiger partial charge is 0.466 e. The Morgan fingerprint density at radius 1 is 1.14 bits per heavy atom. The van der Waals surface area contributed by atoms with Gasteiger partial charge >= 0.3 is 12.1 Å². The SMILES string of the molecule is C#Cc1ccccc1C(C(=O)NCCC(=O)OCC)N(CCC)C(=O)C(C)NC(=O)OC(C)(C)C. The monoisotopic (exact) mass is 487 g/mol. The van der Waals surface area contributed by atoms with E-state index in [1.165, 1.54) is 11.8 Å². The molecule has 0 spiro atoms. The number of carbonyl (C=O) groups excluding carboxylic acids is 4. The van der Waals surface area contributed by atoms with Gasteiger partial charge in [0.1, 0.15) is 17.7 Å². The molecule has 1 rings (SSSR count). The molecule has 0 aliphatic rings. The lowest BCUT2D eigenvalue weighted by atomic mass is 9.97. The van der Waals surface area contributed by atoms with E-state index >= 15 is 0 Å². The number of alkyl carbamates (subject to hydrolysis) is 1. The first-order valence-electron chi connectivity index (χ1n) is 11.7. The van der Waals surface area contributed by atoms with Crippen molar-refractivity contribution in [1.82, 2.24) is 15.5 Å². The summed E-state index contributed by atoms with van der Waals surface area (Å²) in [6, 6.07) is 4.81. The molecule has 35 heavy (non-hydrogen) atoms. The third-order valence-corrected chi connectivity index (χ3v) is 4.76. The summed E-state index contributed by atoms with van der Waals surface area (Å²) in [5, 5.41) is 5.25. The standard InChI is InChI=1S/C26H37N3O6/c1-8-17-29(24(32)18(4)28-25(33)35-26(5,6)7)22(20-14-12-11-13-19(20)9-2)23(31)27-16-15-21(30)34-10-3/h2,11-14,18,22H,8,10,15-17H2,1,3-7H3,(H,27,31)(H,28,33). The maximum atomic E-state index is 13.5. The van der Waals surface area contributed by atoms with E-state index in [1.807, 2.05) is 6.92 Å². The van der Waals surface area contributed by atoms with Crippen LogP contribution in [0.2, 0.25) is 0 Å². The minimum atomic E-state index is -1.07. The number of carbonyl (C=O) groups is 4. The van der Waals surface area contributed by atoms with Gasteiger partial charge in [0.25, 0.3) is 0 Å². The Bertz CT molecular complexity index is 932. The first-order valence-corrected chi connectivity index (χ1v) is 11.7. The van der Waals surface area contributed by atoms with E-state index in [2.05, 4.69) is 16.6 Å². The number of nitrogens with one attached hydrogen (secondary N) is 2. The highest BCUT2D eigenvalue weighted by molar-refractivity contribution is 5.92. The van der Waals surface area contributed by atoms with Crippen molar-refractivity contribution in [3.05, 3.63) is 35.4 Å². The molecule has 0 aromatic heterocycles. The van der Waals surface area contributed by atoms with Crippen LogP contribution >= 0.6 is 0 Å². The molecule has 0 saturated carbocycles. The van der Waals surface area contributed by atoms with Gasteiger partial charge in [0, 0.05) is 18.7 Å². The molecule has 0 fully saturated rings. The second kappa shape index (κ2) is 14.0. The number of esters is 1. The maximum absolute atomic E-state index is 13.5. The minimum absolute atomic E-state index is 0.0125. The zero-order valence-corrected chi connectivity index (χ0v) is 21.5. The van der Waals surface area contributed by atoms with Crippen LogP contribution < -0.4 is 10.6 Å². The summed E-state index contributed by atoms with van der Waals surface area (Å²) < 4.78 is 10.2. The summed E-state index contributed by atoms with van der Waals surface area (Å²) in [5.41, 5.74) is 0.192. The molecule has 0 aliphatic carbocycles. The van der Waals surface area contributed by atoms with Gasteiger partial charge in [-0.2, -0.15) is 0 Å². The molecule has 1 aromatic carbocycles. The number of rotatable bonds is 11. The number of hydrogen-bond donors (Lipinski definition) is 2. The Kier molecular flexibility index (Phi) is 11.8. The van der Waals surface area contributed by atoms with E-state index < -0.39 is 41.6 Å². The first-order chi connectivity index (χ1) is 16.4. The van der Waals surface area contributed by atoms with Crippen LogP contribution in [-0.4, -0.2) is 60.1 Å². The van der Waals surface area contributed by atoms with Crippen LogP contribution in [0.25, 0.3) is 0 Å². The molecule has 2 N–H and O–H groups in total. The number of ether oxygens (including phenoxy) is 2. The van der Waals surface area contributed by atoms with Crippen molar-refractivity contribution < 1.29 is 28.7 Å². The Morgan fingerprint density at radius 3 is 2.37 bits per heavy atom. The van der Waals surface area contributed by atoms with Crippen molar-refractivity contribution in [1.29, 1.82) is 0 Å². The van der Waals surface area contributed by atoms with E-state index in [9.17, 15) is 19.2 Å². The van der Waals surface area contributed by atoms with E-state index in [0.29, 0.717) is 17.5 Å². The van der Waals surface area contributed by atoms with Crippen LogP contribution in [0.5, 0.6) is 0 Å². The fraction of sp³-hybridized carbons (Fsp3) is 0.538. The average Bonchev–Trinajstić information content (AvgIpc) is 2.77. The van der Waals surface area contributed by atoms with Gasteiger partial charge in [0.15, 0.2) is 0 Å². The lowest BCUT2D eigenvalue weighted by molar-refractivity contribution is -0.144. The van der Waals surface area contributed by atoms with Crippen molar-refractivity contribution in [2.75, 3.05) is 19.7 Å². The zero-order chi connectivity index (χ0) is 26.6. The number of benzene rings is 1. The van der Waals surface area contributed by atoms with Gasteiger partial charge in [0.05, 0.1) is 13.0 Å². The van der Waals surface area contributed by atoms with Crippen LogP contribution in [0.3, 0.4) is 0 Å². The fourth-order valence-corrected chi connectivity index (χ4v) is 3.34. The lowest BCUT2D eigenvalue weighted by Gasteiger charge is -2.34. The van der Waals surface area contributed by atoms with Crippen LogP contribution in [0.15, 0.2) is 24.3 Å². The van der Waals surface area contributed by atoms with Gasteiger partial charge in [-0.25, -0.2) is 4.79 Å². The molecular weight excluding hydrogens is 450 g/mol. The maximum Gasteiger partial charge on any atom is 0.408 e. The molecule has 9 heteroatoms. The topological polar surface area (TPSA) is 114 Å². The van der Waals surface area contributed by atoms with Gasteiger partial charge in [-0.05, 0) is 52.7 Å². The molecule has 0 heterocycles. The van der Waals surface area contributed by atoms with Crippen LogP contribution in [-0.2, 0) is 23.9 Å². The molecule has 0 saturated heterocycles. The summed E-state index contributed by atoms with van der Waals surface area (Å²) in [6.07, 6.45) is 5.47. The Hall–Kier alpha value is -3.54. The molecule has 0 aliphatic heterocycles. The quantitative estimate of drug-likeness (QED) is 0.366. The lowest BCUT2D eigenvalue weighted by Crippen LogP contribution is -2.52. The van der Waals surface area contributed by atoms with Gasteiger partial charge in [-0.3, -0.25) is 14.4 Å². The normalized spacial score (nSPS) is 12.5. The summed E-state index contributed by atoms with van der Waals surface area (Å²) in [6.45, 7) is 10.8. The fourth-order valence-electron chi connectivity index (χ4n) is 3.34. The van der Waals surface area contributed by atoms with Crippen molar-refractivity contribution >= 4 is 23.9 Å². The van der Waals surface area contributed by atoms with Gasteiger partial charge in [0.2, 0.25) is 11.8 Å². The van der Waals surface area contributed by atoms with Gasteiger partial charge in [-0.1, -0.05) is 31.0 Å². The molecule has 0 bridgehead atoms. The molecule has 0 radical (unpaired) electrons. The van der Waals surface area contributed by atoms with Gasteiger partial charge in [-0.15, -0.1) is 6.42 Å². The van der Waals surface area contributed by atoms with E-state index in [1.54, 1.807) is 52.0 Å². The Balaban J connectivity index is 3.26. The molecule has 1 aromatic rings. The Morgan fingerprint density at radius 2 is 1.80 bits per heavy atom. The number of hydrogen-bond acceptors (Lipinski definition) is 6. The molecule has 9 nitrogen and oxygen atoms in total. The number of terminal acetylenes is 1. The predicted octanol–water partition coefficient (Wildman–Crippen LogP) is 2.93. The summed E-state index contributed by atoms with van der Waals surface area (Å²) in [5.74, 6) is 1.15. The van der Waals surface area contributed by atoms with Crippen molar-refractivity contribution in [2.45, 2.75) is 72.1 Å².